The number of rotatable bonds is 8. The van der Waals surface area contributed by atoms with Gasteiger partial charge in [-0.1, -0.05) is 11.6 Å². The van der Waals surface area contributed by atoms with Crippen LogP contribution in [0, 0.1) is 0 Å². The smallest absolute Gasteiger partial charge is 0.239 e. The topological polar surface area (TPSA) is 79.1 Å². The van der Waals surface area contributed by atoms with E-state index in [-0.39, 0.29) is 36.4 Å². The summed E-state index contributed by atoms with van der Waals surface area (Å²) >= 11 is 5.84. The van der Waals surface area contributed by atoms with E-state index in [0.29, 0.717) is 36.4 Å². The number of aliphatic imine (C=N–C) groups is 1. The molecule has 1 aromatic carbocycles. The maximum absolute atomic E-state index is 11.9. The summed E-state index contributed by atoms with van der Waals surface area (Å²) in [6.45, 7) is 1.56. The minimum atomic E-state index is -0.145. The molecule has 9 heteroatoms. The molecule has 0 saturated carbocycles. The fraction of sp³-hybridized carbons (Fsp3) is 0.333. The van der Waals surface area contributed by atoms with Gasteiger partial charge >= 0.3 is 0 Å². The van der Waals surface area contributed by atoms with Crippen molar-refractivity contribution in [2.45, 2.75) is 6.54 Å². The van der Waals surface area contributed by atoms with E-state index in [2.05, 4.69) is 15.6 Å². The average molecular weight is 507 g/mol. The number of carbonyl (C=O) groups excluding carboxylic acids is 1. The zero-order valence-electron chi connectivity index (χ0n) is 15.3. The van der Waals surface area contributed by atoms with E-state index >= 15 is 0 Å². The molecule has 0 saturated heterocycles. The number of nitrogens with zero attached hydrogens (tertiary/aromatic N) is 2. The van der Waals surface area contributed by atoms with Gasteiger partial charge < -0.3 is 24.7 Å². The van der Waals surface area contributed by atoms with E-state index < -0.39 is 0 Å². The van der Waals surface area contributed by atoms with Gasteiger partial charge in [0.1, 0.15) is 18.1 Å². The summed E-state index contributed by atoms with van der Waals surface area (Å²) in [5, 5.41) is 6.45. The second-order valence-corrected chi connectivity index (χ2v) is 5.92. The fourth-order valence-electron chi connectivity index (χ4n) is 2.14. The van der Waals surface area contributed by atoms with Gasteiger partial charge in [0, 0.05) is 19.1 Å². The van der Waals surface area contributed by atoms with Crippen LogP contribution in [0.1, 0.15) is 5.76 Å². The van der Waals surface area contributed by atoms with Crippen molar-refractivity contribution in [3.63, 3.8) is 0 Å². The average Bonchev–Trinajstić information content (AvgIpc) is 3.16. The quantitative estimate of drug-likeness (QED) is 0.327. The highest BCUT2D eigenvalue weighted by atomic mass is 127. The molecule has 1 amide bonds. The van der Waals surface area contributed by atoms with Crippen LogP contribution >= 0.6 is 35.6 Å². The molecule has 7 nitrogen and oxygen atoms in total. The van der Waals surface area contributed by atoms with Crippen molar-refractivity contribution in [3.8, 4) is 5.75 Å². The van der Waals surface area contributed by atoms with Crippen molar-refractivity contribution in [2.24, 2.45) is 4.99 Å². The highest BCUT2D eigenvalue weighted by Gasteiger charge is 2.09. The number of hydrogen-bond donors (Lipinski definition) is 2. The van der Waals surface area contributed by atoms with Crippen LogP contribution in [-0.2, 0) is 11.3 Å². The lowest BCUT2D eigenvalue weighted by Gasteiger charge is -2.22. The van der Waals surface area contributed by atoms with Crippen molar-refractivity contribution in [2.75, 3.05) is 33.8 Å². The Morgan fingerprint density at radius 3 is 2.63 bits per heavy atom. The Morgan fingerprint density at radius 2 is 2.00 bits per heavy atom. The number of benzene rings is 1. The summed E-state index contributed by atoms with van der Waals surface area (Å²) < 4.78 is 10.8. The predicted octanol–water partition coefficient (Wildman–Crippen LogP) is 2.75. The second kappa shape index (κ2) is 12.4. The van der Waals surface area contributed by atoms with Gasteiger partial charge in [-0.3, -0.25) is 9.79 Å². The number of furan rings is 1. The van der Waals surface area contributed by atoms with Gasteiger partial charge in [-0.05, 0) is 36.4 Å². The van der Waals surface area contributed by atoms with Crippen LogP contribution in [0.25, 0.3) is 0 Å². The van der Waals surface area contributed by atoms with Crippen LogP contribution in [0.5, 0.6) is 5.75 Å². The molecule has 0 spiro atoms. The summed E-state index contributed by atoms with van der Waals surface area (Å²) in [4.78, 5) is 17.9. The maximum atomic E-state index is 11.9. The molecular weight excluding hydrogens is 483 g/mol. The van der Waals surface area contributed by atoms with Crippen LogP contribution in [0.15, 0.2) is 52.1 Å². The molecule has 148 valence electrons. The first-order valence-corrected chi connectivity index (χ1v) is 8.55. The zero-order chi connectivity index (χ0) is 18.8. The third-order valence-corrected chi connectivity index (χ3v) is 3.78. The lowest BCUT2D eigenvalue weighted by molar-refractivity contribution is -0.120. The molecule has 0 unspecified atom stereocenters. The monoisotopic (exact) mass is 506 g/mol. The first kappa shape index (κ1) is 23.1. The van der Waals surface area contributed by atoms with Crippen LogP contribution in [-0.4, -0.2) is 50.6 Å². The Hall–Kier alpha value is -1.94. The Balaban J connectivity index is 0.00000364. The van der Waals surface area contributed by atoms with Crippen molar-refractivity contribution in [3.05, 3.63) is 53.4 Å². The van der Waals surface area contributed by atoms with Crippen LogP contribution in [0.3, 0.4) is 0 Å². The Kier molecular flexibility index (Phi) is 10.6. The standard InChI is InChI=1S/C18H23ClN4O3.HI/c1-20-18(22-13-17(24)21-12-16-4-3-10-25-16)23(2)9-11-26-15-7-5-14(19)6-8-15;/h3-8,10H,9,11-13H2,1-2H3,(H,20,22)(H,21,24);1H. The van der Waals surface area contributed by atoms with Crippen molar-refractivity contribution in [1.82, 2.24) is 15.5 Å². The normalized spacial score (nSPS) is 10.7. The lowest BCUT2D eigenvalue weighted by Crippen LogP contribution is -2.45. The molecule has 0 bridgehead atoms. The third-order valence-electron chi connectivity index (χ3n) is 3.53. The number of hydrogen-bond acceptors (Lipinski definition) is 4. The number of nitrogens with one attached hydrogen (secondary N) is 2. The number of carbonyl (C=O) groups is 1. The molecule has 0 fully saturated rings. The molecule has 2 N–H and O–H groups in total. The van der Waals surface area contributed by atoms with Crippen LogP contribution < -0.4 is 15.4 Å². The number of amides is 1. The summed E-state index contributed by atoms with van der Waals surface area (Å²) in [5.41, 5.74) is 0. The molecule has 0 aliphatic heterocycles. The molecule has 0 radical (unpaired) electrons. The fourth-order valence-corrected chi connectivity index (χ4v) is 2.27. The van der Waals surface area contributed by atoms with Crippen LogP contribution in [0.2, 0.25) is 5.02 Å². The number of guanidine groups is 1. The van der Waals surface area contributed by atoms with Crippen molar-refractivity contribution < 1.29 is 13.9 Å². The molecule has 27 heavy (non-hydrogen) atoms. The zero-order valence-corrected chi connectivity index (χ0v) is 18.4. The predicted molar refractivity (Wildman–Crippen MR) is 117 cm³/mol. The summed E-state index contributed by atoms with van der Waals surface area (Å²) in [6.07, 6.45) is 1.57. The molecule has 0 atom stereocenters. The Morgan fingerprint density at radius 1 is 1.26 bits per heavy atom. The summed E-state index contributed by atoms with van der Waals surface area (Å²) in [6, 6.07) is 10.8. The minimum Gasteiger partial charge on any atom is -0.492 e. The van der Waals surface area contributed by atoms with Gasteiger partial charge in [-0.15, -0.1) is 24.0 Å². The van der Waals surface area contributed by atoms with Gasteiger partial charge in [0.25, 0.3) is 0 Å². The Bertz CT molecular complexity index is 708. The second-order valence-electron chi connectivity index (χ2n) is 5.48. The van der Waals surface area contributed by atoms with E-state index in [1.165, 1.54) is 0 Å². The van der Waals surface area contributed by atoms with E-state index in [9.17, 15) is 4.79 Å². The van der Waals surface area contributed by atoms with Crippen molar-refractivity contribution >= 4 is 47.4 Å². The highest BCUT2D eigenvalue weighted by molar-refractivity contribution is 14.0. The van der Waals surface area contributed by atoms with E-state index in [1.807, 2.05) is 24.1 Å². The highest BCUT2D eigenvalue weighted by Crippen LogP contribution is 2.15. The SMILES string of the molecule is CN=C(NCC(=O)NCc1ccco1)N(C)CCOc1ccc(Cl)cc1.I. The maximum Gasteiger partial charge on any atom is 0.239 e. The number of ether oxygens (including phenoxy) is 1. The summed E-state index contributed by atoms with van der Waals surface area (Å²) in [5.74, 6) is 1.92. The number of halogens is 2. The van der Waals surface area contributed by atoms with E-state index in [0.717, 1.165) is 5.75 Å². The molecule has 0 aliphatic rings. The van der Waals surface area contributed by atoms with Crippen molar-refractivity contribution in [1.29, 1.82) is 0 Å². The summed E-state index contributed by atoms with van der Waals surface area (Å²) in [7, 11) is 3.54. The van der Waals surface area contributed by atoms with Gasteiger partial charge in [-0.25, -0.2) is 0 Å². The molecule has 1 heterocycles. The largest absolute Gasteiger partial charge is 0.492 e. The number of likely N-dealkylation sites (N-methyl/N-ethyl adjacent to an activating group) is 1. The molecular formula is C18H24ClIN4O3. The van der Waals surface area contributed by atoms with Crippen LogP contribution in [0.4, 0.5) is 0 Å². The lowest BCUT2D eigenvalue weighted by atomic mass is 10.3. The minimum absolute atomic E-state index is 0. The molecule has 2 aromatic rings. The first-order chi connectivity index (χ1) is 12.6. The van der Waals surface area contributed by atoms with E-state index in [4.69, 9.17) is 20.8 Å². The Labute approximate surface area is 181 Å². The van der Waals surface area contributed by atoms with Gasteiger partial charge in [0.15, 0.2) is 5.96 Å². The van der Waals surface area contributed by atoms with E-state index in [1.54, 1.807) is 37.6 Å². The molecule has 1 aromatic heterocycles. The molecule has 0 aliphatic carbocycles. The van der Waals surface area contributed by atoms with Gasteiger partial charge in [0.2, 0.25) is 5.91 Å². The van der Waals surface area contributed by atoms with Gasteiger partial charge in [-0.2, -0.15) is 0 Å². The first-order valence-electron chi connectivity index (χ1n) is 8.17. The van der Waals surface area contributed by atoms with Gasteiger partial charge in [0.05, 0.1) is 25.9 Å². The third kappa shape index (κ3) is 8.53. The molecule has 2 rings (SSSR count).